The van der Waals surface area contributed by atoms with E-state index in [0.29, 0.717) is 28.7 Å². The van der Waals surface area contributed by atoms with E-state index in [4.69, 9.17) is 21.1 Å². The zero-order valence-corrected chi connectivity index (χ0v) is 15.6. The average molecular weight is 377 g/mol. The van der Waals surface area contributed by atoms with Gasteiger partial charge in [-0.25, -0.2) is 5.43 Å². The van der Waals surface area contributed by atoms with Crippen LogP contribution in [0.2, 0.25) is 5.02 Å². The van der Waals surface area contributed by atoms with Crippen molar-refractivity contribution in [2.45, 2.75) is 26.9 Å². The van der Waals surface area contributed by atoms with Gasteiger partial charge in [-0.3, -0.25) is 4.79 Å². The summed E-state index contributed by atoms with van der Waals surface area (Å²) in [4.78, 5) is 12.1. The molecule has 1 unspecified atom stereocenters. The highest BCUT2D eigenvalue weighted by atomic mass is 35.5. The number of aryl methyl sites for hydroxylation is 1. The third-order valence-corrected chi connectivity index (χ3v) is 3.72. The Morgan fingerprint density at radius 1 is 1.31 bits per heavy atom. The highest BCUT2D eigenvalue weighted by molar-refractivity contribution is 6.30. The lowest BCUT2D eigenvalue weighted by molar-refractivity contribution is -0.127. The number of phenolic OH excluding ortho intramolecular Hbond substituents is 1. The van der Waals surface area contributed by atoms with Crippen LogP contribution < -0.4 is 14.9 Å². The topological polar surface area (TPSA) is 80.2 Å². The Labute approximate surface area is 157 Å². The van der Waals surface area contributed by atoms with Crippen LogP contribution in [0.5, 0.6) is 17.2 Å². The second kappa shape index (κ2) is 9.10. The summed E-state index contributed by atoms with van der Waals surface area (Å²) in [5, 5.41) is 14.2. The van der Waals surface area contributed by atoms with E-state index in [2.05, 4.69) is 10.5 Å². The molecule has 0 radical (unpaired) electrons. The molecule has 26 heavy (non-hydrogen) atoms. The van der Waals surface area contributed by atoms with Gasteiger partial charge in [0.25, 0.3) is 5.91 Å². The number of rotatable bonds is 7. The largest absolute Gasteiger partial charge is 0.504 e. The Morgan fingerprint density at radius 2 is 2.08 bits per heavy atom. The number of carbonyl (C=O) groups is 1. The third-order valence-electron chi connectivity index (χ3n) is 3.48. The van der Waals surface area contributed by atoms with E-state index in [-0.39, 0.29) is 11.7 Å². The lowest BCUT2D eigenvalue weighted by atomic mass is 10.2. The minimum absolute atomic E-state index is 0.0494. The Bertz CT molecular complexity index is 808. The van der Waals surface area contributed by atoms with Gasteiger partial charge in [0.2, 0.25) is 0 Å². The fourth-order valence-corrected chi connectivity index (χ4v) is 2.36. The van der Waals surface area contributed by atoms with E-state index in [0.717, 1.165) is 5.56 Å². The van der Waals surface area contributed by atoms with Crippen LogP contribution in [0, 0.1) is 6.92 Å². The summed E-state index contributed by atoms with van der Waals surface area (Å²) in [5.74, 6) is 0.603. The highest BCUT2D eigenvalue weighted by Gasteiger charge is 2.15. The van der Waals surface area contributed by atoms with Crippen molar-refractivity contribution in [3.05, 3.63) is 52.5 Å². The highest BCUT2D eigenvalue weighted by Crippen LogP contribution is 2.26. The molecular weight excluding hydrogens is 356 g/mol. The molecule has 138 valence electrons. The van der Waals surface area contributed by atoms with Gasteiger partial charge in [-0.05, 0) is 68.3 Å². The van der Waals surface area contributed by atoms with Crippen molar-refractivity contribution in [1.82, 2.24) is 5.43 Å². The Kier molecular flexibility index (Phi) is 6.86. The van der Waals surface area contributed by atoms with E-state index in [1.165, 1.54) is 12.3 Å². The van der Waals surface area contributed by atoms with Gasteiger partial charge in [0, 0.05) is 5.02 Å². The van der Waals surface area contributed by atoms with Crippen LogP contribution in [-0.2, 0) is 4.79 Å². The van der Waals surface area contributed by atoms with Crippen molar-refractivity contribution in [2.75, 3.05) is 6.61 Å². The fraction of sp³-hybridized carbons (Fsp3) is 0.263. The number of aromatic hydroxyl groups is 1. The lowest BCUT2D eigenvalue weighted by Gasteiger charge is -2.14. The molecule has 0 bridgehead atoms. The molecule has 6 nitrogen and oxygen atoms in total. The molecule has 0 saturated heterocycles. The number of hydrogen-bond acceptors (Lipinski definition) is 5. The molecule has 1 atom stereocenters. The van der Waals surface area contributed by atoms with E-state index in [9.17, 15) is 9.90 Å². The van der Waals surface area contributed by atoms with E-state index in [1.54, 1.807) is 37.3 Å². The number of nitrogens with zero attached hydrogens (tertiary/aromatic N) is 1. The monoisotopic (exact) mass is 376 g/mol. The zero-order chi connectivity index (χ0) is 19.1. The van der Waals surface area contributed by atoms with Crippen molar-refractivity contribution >= 4 is 23.7 Å². The maximum Gasteiger partial charge on any atom is 0.280 e. The third kappa shape index (κ3) is 5.39. The first-order valence-corrected chi connectivity index (χ1v) is 8.50. The molecule has 0 spiro atoms. The van der Waals surface area contributed by atoms with Crippen molar-refractivity contribution in [1.29, 1.82) is 0 Å². The van der Waals surface area contributed by atoms with Crippen LogP contribution in [0.15, 0.2) is 41.5 Å². The molecular formula is C19H21ClN2O4. The molecule has 0 aliphatic rings. The number of halogens is 1. The Morgan fingerprint density at radius 3 is 2.77 bits per heavy atom. The molecule has 2 aromatic carbocycles. The summed E-state index contributed by atoms with van der Waals surface area (Å²) in [6.45, 7) is 5.74. The van der Waals surface area contributed by atoms with Gasteiger partial charge in [-0.1, -0.05) is 11.6 Å². The number of amides is 1. The Hall–Kier alpha value is -2.73. The molecule has 0 aliphatic heterocycles. The number of phenols is 1. The summed E-state index contributed by atoms with van der Waals surface area (Å²) >= 11 is 5.90. The van der Waals surface area contributed by atoms with Crippen molar-refractivity contribution in [2.24, 2.45) is 5.10 Å². The van der Waals surface area contributed by atoms with Gasteiger partial charge in [-0.15, -0.1) is 0 Å². The van der Waals surface area contributed by atoms with Crippen LogP contribution in [0.3, 0.4) is 0 Å². The second-order valence-corrected chi connectivity index (χ2v) is 6.00. The SMILES string of the molecule is CCOc1cc(C=NNC(=O)C(C)Oc2ccc(Cl)cc2C)ccc1O. The number of hydrogen-bond donors (Lipinski definition) is 2. The second-order valence-electron chi connectivity index (χ2n) is 5.56. The molecule has 0 fully saturated rings. The average Bonchev–Trinajstić information content (AvgIpc) is 2.60. The molecule has 0 aromatic heterocycles. The molecule has 1 amide bonds. The lowest BCUT2D eigenvalue weighted by Crippen LogP contribution is -2.33. The standard InChI is InChI=1S/C19H21ClN2O4/c1-4-25-18-10-14(5-7-16(18)23)11-21-22-19(24)13(3)26-17-8-6-15(20)9-12(17)2/h5-11,13,23H,4H2,1-3H3,(H,22,24). The predicted octanol–water partition coefficient (Wildman–Crippen LogP) is 3.67. The van der Waals surface area contributed by atoms with Crippen molar-refractivity contribution < 1.29 is 19.4 Å². The van der Waals surface area contributed by atoms with Crippen LogP contribution in [0.25, 0.3) is 0 Å². The quantitative estimate of drug-likeness (QED) is 0.570. The molecule has 2 rings (SSSR count). The van der Waals surface area contributed by atoms with Crippen molar-refractivity contribution in [3.63, 3.8) is 0 Å². The number of ether oxygens (including phenoxy) is 2. The minimum atomic E-state index is -0.731. The maximum atomic E-state index is 12.1. The first-order chi connectivity index (χ1) is 12.4. The summed E-state index contributed by atoms with van der Waals surface area (Å²) in [7, 11) is 0. The van der Waals surface area contributed by atoms with Crippen molar-refractivity contribution in [3.8, 4) is 17.2 Å². The minimum Gasteiger partial charge on any atom is -0.504 e. The number of benzene rings is 2. The van der Waals surface area contributed by atoms with Gasteiger partial charge in [0.05, 0.1) is 12.8 Å². The summed E-state index contributed by atoms with van der Waals surface area (Å²) in [6, 6.07) is 9.98. The van der Waals surface area contributed by atoms with Crippen LogP contribution in [0.1, 0.15) is 25.0 Å². The Balaban J connectivity index is 1.94. The molecule has 2 N–H and O–H groups in total. The maximum absolute atomic E-state index is 12.1. The molecule has 7 heteroatoms. The van der Waals surface area contributed by atoms with E-state index in [1.807, 2.05) is 13.8 Å². The molecule has 0 saturated carbocycles. The number of nitrogens with one attached hydrogen (secondary N) is 1. The van der Waals surface area contributed by atoms with Gasteiger partial charge >= 0.3 is 0 Å². The molecule has 0 heterocycles. The van der Waals surface area contributed by atoms with E-state index < -0.39 is 6.10 Å². The zero-order valence-electron chi connectivity index (χ0n) is 14.8. The van der Waals surface area contributed by atoms with Gasteiger partial charge in [0.15, 0.2) is 17.6 Å². The number of carbonyl (C=O) groups excluding carboxylic acids is 1. The molecule has 2 aromatic rings. The predicted molar refractivity (Wildman–Crippen MR) is 101 cm³/mol. The van der Waals surface area contributed by atoms with Gasteiger partial charge in [-0.2, -0.15) is 5.10 Å². The first kappa shape index (κ1) is 19.6. The van der Waals surface area contributed by atoms with Crippen LogP contribution in [-0.4, -0.2) is 29.9 Å². The summed E-state index contributed by atoms with van der Waals surface area (Å²) in [5.41, 5.74) is 3.94. The normalized spacial score (nSPS) is 12.0. The van der Waals surface area contributed by atoms with Gasteiger partial charge in [0.1, 0.15) is 5.75 Å². The number of hydrazone groups is 1. The summed E-state index contributed by atoms with van der Waals surface area (Å²) < 4.78 is 10.9. The first-order valence-electron chi connectivity index (χ1n) is 8.12. The fourth-order valence-electron chi connectivity index (χ4n) is 2.13. The molecule has 0 aliphatic carbocycles. The smallest absolute Gasteiger partial charge is 0.280 e. The van der Waals surface area contributed by atoms with Crippen LogP contribution in [0.4, 0.5) is 0 Å². The van der Waals surface area contributed by atoms with E-state index >= 15 is 0 Å². The summed E-state index contributed by atoms with van der Waals surface area (Å²) in [6.07, 6.45) is 0.728. The van der Waals surface area contributed by atoms with Crippen LogP contribution >= 0.6 is 11.6 Å². The van der Waals surface area contributed by atoms with Gasteiger partial charge < -0.3 is 14.6 Å².